The third kappa shape index (κ3) is 5.89. The highest BCUT2D eigenvalue weighted by atomic mass is 16.5. The molecule has 0 fully saturated rings. The molecule has 7 heteroatoms. The number of hydrogen-bond donors (Lipinski definition) is 4. The van der Waals surface area contributed by atoms with Gasteiger partial charge in [0.1, 0.15) is 23.0 Å². The number of carbonyl (C=O) groups excluding carboxylic acids is 2. The van der Waals surface area contributed by atoms with Gasteiger partial charge in [0.2, 0.25) is 0 Å². The molecule has 0 atom stereocenters. The summed E-state index contributed by atoms with van der Waals surface area (Å²) in [5, 5.41) is 25.7. The zero-order valence-corrected chi connectivity index (χ0v) is 19.4. The van der Waals surface area contributed by atoms with Crippen LogP contribution in [0.25, 0.3) is 0 Å². The molecule has 4 aromatic carbocycles. The summed E-state index contributed by atoms with van der Waals surface area (Å²) in [5.74, 6) is 4.35. The molecule has 4 aromatic rings. The molecule has 0 bridgehead atoms. The van der Waals surface area contributed by atoms with Crippen LogP contribution in [0.2, 0.25) is 0 Å². The van der Waals surface area contributed by atoms with Gasteiger partial charge in [0.05, 0.1) is 11.4 Å². The molecule has 0 aliphatic heterocycles. The van der Waals surface area contributed by atoms with E-state index in [0.29, 0.717) is 33.8 Å². The predicted octanol–water partition coefficient (Wildman–Crippen LogP) is 5.36. The summed E-state index contributed by atoms with van der Waals surface area (Å²) in [7, 11) is 0. The minimum atomic E-state index is -0.444. The molecule has 0 saturated heterocycles. The standard InChI is InChI=1S/C30H20N2O5/c1-3-19-5-9-21(10-6-19)29(35)31-25-17-23(13-15-27(25)33)37-24-14-16-28(34)26(18-24)32-30(36)22-11-7-20(4-2)8-12-22/h1-2,5-18,33-34H,(H,31,35)(H,32,36). The fourth-order valence-electron chi connectivity index (χ4n) is 3.32. The first-order chi connectivity index (χ1) is 17.9. The molecular formula is C30H20N2O5. The predicted molar refractivity (Wildman–Crippen MR) is 141 cm³/mol. The molecule has 0 radical (unpaired) electrons. The molecule has 7 nitrogen and oxygen atoms in total. The number of benzene rings is 4. The van der Waals surface area contributed by atoms with Gasteiger partial charge >= 0.3 is 0 Å². The van der Waals surface area contributed by atoms with E-state index in [2.05, 4.69) is 22.5 Å². The van der Waals surface area contributed by atoms with Gasteiger partial charge in [-0.3, -0.25) is 9.59 Å². The van der Waals surface area contributed by atoms with E-state index in [0.717, 1.165) is 0 Å². The Morgan fingerprint density at radius 3 is 1.35 bits per heavy atom. The van der Waals surface area contributed by atoms with Gasteiger partial charge in [-0.25, -0.2) is 0 Å². The van der Waals surface area contributed by atoms with Gasteiger partial charge in [-0.15, -0.1) is 12.8 Å². The fraction of sp³-hybridized carbons (Fsp3) is 0. The summed E-state index contributed by atoms with van der Waals surface area (Å²) in [6, 6.07) is 21.5. The molecule has 2 amide bonds. The highest BCUT2D eigenvalue weighted by Crippen LogP contribution is 2.34. The maximum absolute atomic E-state index is 12.6. The third-order valence-corrected chi connectivity index (χ3v) is 5.30. The van der Waals surface area contributed by atoms with Crippen molar-refractivity contribution in [1.29, 1.82) is 0 Å². The maximum Gasteiger partial charge on any atom is 0.255 e. The molecule has 4 N–H and O–H groups in total. The van der Waals surface area contributed by atoms with Crippen LogP contribution in [-0.4, -0.2) is 22.0 Å². The van der Waals surface area contributed by atoms with Gasteiger partial charge in [0, 0.05) is 34.4 Å². The lowest BCUT2D eigenvalue weighted by atomic mass is 10.1. The maximum atomic E-state index is 12.6. The lowest BCUT2D eigenvalue weighted by Gasteiger charge is -2.13. The SMILES string of the molecule is C#Cc1ccc(C(=O)Nc2cc(Oc3ccc(O)c(NC(=O)c4ccc(C#C)cc4)c3)ccc2O)cc1. The summed E-state index contributed by atoms with van der Waals surface area (Å²) in [5.41, 5.74) is 2.26. The van der Waals surface area contributed by atoms with Crippen LogP contribution in [0.5, 0.6) is 23.0 Å². The number of ether oxygens (including phenoxy) is 1. The van der Waals surface area contributed by atoms with Gasteiger partial charge in [0.15, 0.2) is 0 Å². The van der Waals surface area contributed by atoms with Crippen LogP contribution in [0.15, 0.2) is 84.9 Å². The smallest absolute Gasteiger partial charge is 0.255 e. The largest absolute Gasteiger partial charge is 0.506 e. The fourth-order valence-corrected chi connectivity index (χ4v) is 3.32. The summed E-state index contributed by atoms with van der Waals surface area (Å²) in [6.07, 6.45) is 10.7. The van der Waals surface area contributed by atoms with E-state index in [1.807, 2.05) is 0 Å². The van der Waals surface area contributed by atoms with Crippen LogP contribution in [0, 0.1) is 24.7 Å². The van der Waals surface area contributed by atoms with Crippen LogP contribution < -0.4 is 15.4 Å². The molecule has 37 heavy (non-hydrogen) atoms. The molecule has 0 aliphatic carbocycles. The van der Waals surface area contributed by atoms with E-state index >= 15 is 0 Å². The van der Waals surface area contributed by atoms with Crippen molar-refractivity contribution in [3.63, 3.8) is 0 Å². The molecule has 0 spiro atoms. The number of phenols is 2. The Balaban J connectivity index is 1.49. The van der Waals surface area contributed by atoms with Crippen molar-refractivity contribution >= 4 is 23.2 Å². The second kappa shape index (κ2) is 10.7. The first-order valence-corrected chi connectivity index (χ1v) is 11.0. The number of rotatable bonds is 6. The van der Waals surface area contributed by atoms with E-state index in [1.165, 1.54) is 36.4 Å². The van der Waals surface area contributed by atoms with E-state index < -0.39 is 11.8 Å². The first-order valence-electron chi connectivity index (χ1n) is 11.0. The molecule has 0 unspecified atom stereocenters. The highest BCUT2D eigenvalue weighted by Gasteiger charge is 2.13. The zero-order chi connectivity index (χ0) is 26.4. The van der Waals surface area contributed by atoms with Crippen LogP contribution in [-0.2, 0) is 0 Å². The van der Waals surface area contributed by atoms with Crippen molar-refractivity contribution in [2.75, 3.05) is 10.6 Å². The van der Waals surface area contributed by atoms with Crippen molar-refractivity contribution < 1.29 is 24.5 Å². The molecule has 0 aliphatic rings. The quantitative estimate of drug-likeness (QED) is 0.216. The Hall–Kier alpha value is -5.66. The Morgan fingerprint density at radius 1 is 0.622 bits per heavy atom. The summed E-state index contributed by atoms with van der Waals surface area (Å²) >= 11 is 0. The Morgan fingerprint density at radius 2 is 1.00 bits per heavy atom. The average Bonchev–Trinajstić information content (AvgIpc) is 2.92. The van der Waals surface area contributed by atoms with Gasteiger partial charge < -0.3 is 25.6 Å². The van der Waals surface area contributed by atoms with Crippen molar-refractivity contribution in [2.24, 2.45) is 0 Å². The highest BCUT2D eigenvalue weighted by molar-refractivity contribution is 6.05. The summed E-state index contributed by atoms with van der Waals surface area (Å²) in [4.78, 5) is 25.2. The number of carbonyl (C=O) groups is 2. The van der Waals surface area contributed by atoms with Crippen molar-refractivity contribution in [1.82, 2.24) is 0 Å². The number of terminal acetylenes is 2. The average molecular weight is 488 g/mol. The summed E-state index contributed by atoms with van der Waals surface area (Å²) < 4.78 is 5.84. The second-order valence-corrected chi connectivity index (χ2v) is 7.81. The zero-order valence-electron chi connectivity index (χ0n) is 19.4. The van der Waals surface area contributed by atoms with E-state index in [1.54, 1.807) is 48.5 Å². The molecule has 0 saturated carbocycles. The number of amides is 2. The Labute approximate surface area is 213 Å². The number of anilines is 2. The van der Waals surface area contributed by atoms with Crippen LogP contribution in [0.4, 0.5) is 11.4 Å². The third-order valence-electron chi connectivity index (χ3n) is 5.30. The minimum absolute atomic E-state index is 0.131. The van der Waals surface area contributed by atoms with Crippen LogP contribution in [0.3, 0.4) is 0 Å². The van der Waals surface area contributed by atoms with E-state index in [-0.39, 0.29) is 22.9 Å². The Kier molecular flexibility index (Phi) is 7.09. The Bertz CT molecular complexity index is 1440. The summed E-state index contributed by atoms with van der Waals surface area (Å²) in [6.45, 7) is 0. The number of aromatic hydroxyl groups is 2. The van der Waals surface area contributed by atoms with E-state index in [4.69, 9.17) is 17.6 Å². The van der Waals surface area contributed by atoms with Crippen molar-refractivity contribution in [3.05, 3.63) is 107 Å². The number of nitrogens with one attached hydrogen (secondary N) is 2. The van der Waals surface area contributed by atoms with Gasteiger partial charge in [-0.2, -0.15) is 0 Å². The molecule has 0 heterocycles. The first kappa shape index (κ1) is 24.5. The molecular weight excluding hydrogens is 468 g/mol. The molecule has 180 valence electrons. The van der Waals surface area contributed by atoms with Gasteiger partial charge in [0.25, 0.3) is 11.8 Å². The van der Waals surface area contributed by atoms with Gasteiger partial charge in [-0.1, -0.05) is 11.8 Å². The lowest BCUT2D eigenvalue weighted by molar-refractivity contribution is 0.101. The van der Waals surface area contributed by atoms with Crippen LogP contribution in [0.1, 0.15) is 31.8 Å². The van der Waals surface area contributed by atoms with Gasteiger partial charge in [-0.05, 0) is 72.8 Å². The number of phenolic OH excluding ortho intramolecular Hbond substituents is 2. The van der Waals surface area contributed by atoms with Crippen LogP contribution >= 0.6 is 0 Å². The number of hydrogen-bond acceptors (Lipinski definition) is 5. The molecule has 4 rings (SSSR count). The lowest BCUT2D eigenvalue weighted by Crippen LogP contribution is -2.12. The van der Waals surface area contributed by atoms with Crippen molar-refractivity contribution in [2.45, 2.75) is 0 Å². The minimum Gasteiger partial charge on any atom is -0.506 e. The van der Waals surface area contributed by atoms with Crippen molar-refractivity contribution in [3.8, 4) is 47.7 Å². The molecule has 0 aromatic heterocycles. The normalized spacial score (nSPS) is 10.0. The topological polar surface area (TPSA) is 108 Å². The van der Waals surface area contributed by atoms with E-state index in [9.17, 15) is 19.8 Å². The second-order valence-electron chi connectivity index (χ2n) is 7.81. The monoisotopic (exact) mass is 488 g/mol.